The molecule has 1 aromatic heterocycles. The highest BCUT2D eigenvalue weighted by molar-refractivity contribution is 7.10. The van der Waals surface area contributed by atoms with E-state index in [4.69, 9.17) is 21.1 Å². The largest absolute Gasteiger partial charge is 0.465 e. The van der Waals surface area contributed by atoms with Crippen molar-refractivity contribution < 1.29 is 19.1 Å². The quantitative estimate of drug-likeness (QED) is 0.579. The van der Waals surface area contributed by atoms with Crippen LogP contribution in [0.3, 0.4) is 0 Å². The van der Waals surface area contributed by atoms with Crippen LogP contribution >= 0.6 is 22.9 Å². The Balaban J connectivity index is 1.92. The van der Waals surface area contributed by atoms with Gasteiger partial charge in [-0.15, -0.1) is 11.3 Å². The van der Waals surface area contributed by atoms with Gasteiger partial charge in [0.05, 0.1) is 17.6 Å². The van der Waals surface area contributed by atoms with Crippen molar-refractivity contribution in [1.29, 1.82) is 0 Å². The number of hydrogen-bond donors (Lipinski definition) is 0. The maximum Gasteiger partial charge on any atom is 0.343 e. The van der Waals surface area contributed by atoms with Gasteiger partial charge < -0.3 is 9.47 Å². The predicted octanol–water partition coefficient (Wildman–Crippen LogP) is 5.00. The summed E-state index contributed by atoms with van der Waals surface area (Å²) in [6.45, 7) is 0. The minimum Gasteiger partial charge on any atom is -0.465 e. The van der Waals surface area contributed by atoms with E-state index in [1.54, 1.807) is 41.8 Å². The smallest absolute Gasteiger partial charge is 0.343 e. The van der Waals surface area contributed by atoms with Crippen molar-refractivity contribution in [1.82, 2.24) is 0 Å². The van der Waals surface area contributed by atoms with Crippen LogP contribution in [-0.2, 0) is 11.2 Å². The Labute approximate surface area is 159 Å². The van der Waals surface area contributed by atoms with Gasteiger partial charge in [-0.2, -0.15) is 0 Å². The van der Waals surface area contributed by atoms with Crippen LogP contribution in [0.15, 0.2) is 60.0 Å². The van der Waals surface area contributed by atoms with Crippen molar-refractivity contribution in [3.8, 4) is 5.75 Å². The van der Waals surface area contributed by atoms with Crippen LogP contribution < -0.4 is 4.74 Å². The molecule has 0 aliphatic carbocycles. The SMILES string of the molecule is COC(=O)c1csc(Cc2ccc(Cl)cc2)c1OC(=O)c1ccccc1. The van der Waals surface area contributed by atoms with Gasteiger partial charge in [0.2, 0.25) is 0 Å². The molecule has 132 valence electrons. The highest BCUT2D eigenvalue weighted by Crippen LogP contribution is 2.34. The molecule has 0 saturated carbocycles. The van der Waals surface area contributed by atoms with Crippen molar-refractivity contribution >= 4 is 34.9 Å². The Morgan fingerprint density at radius 1 is 1.00 bits per heavy atom. The number of ether oxygens (including phenoxy) is 2. The fraction of sp³-hybridized carbons (Fsp3) is 0.100. The predicted molar refractivity (Wildman–Crippen MR) is 101 cm³/mol. The fourth-order valence-corrected chi connectivity index (χ4v) is 3.48. The molecule has 3 rings (SSSR count). The van der Waals surface area contributed by atoms with Gasteiger partial charge in [-0.1, -0.05) is 41.9 Å². The molecule has 0 fully saturated rings. The number of benzene rings is 2. The summed E-state index contributed by atoms with van der Waals surface area (Å²) in [6, 6.07) is 16.0. The Bertz CT molecular complexity index is 917. The number of rotatable bonds is 5. The molecule has 0 unspecified atom stereocenters. The maximum absolute atomic E-state index is 12.4. The third-order valence-corrected chi connectivity index (χ3v) is 4.92. The van der Waals surface area contributed by atoms with Crippen LogP contribution in [-0.4, -0.2) is 19.0 Å². The Morgan fingerprint density at radius 2 is 1.69 bits per heavy atom. The van der Waals surface area contributed by atoms with Gasteiger partial charge in [-0.05, 0) is 29.8 Å². The molecule has 0 spiro atoms. The molecule has 0 radical (unpaired) electrons. The summed E-state index contributed by atoms with van der Waals surface area (Å²) in [5.74, 6) is -0.823. The third kappa shape index (κ3) is 4.12. The normalized spacial score (nSPS) is 10.4. The second-order valence-electron chi connectivity index (χ2n) is 5.45. The summed E-state index contributed by atoms with van der Waals surface area (Å²) in [5.41, 5.74) is 1.64. The van der Waals surface area contributed by atoms with Gasteiger partial charge in [-0.25, -0.2) is 9.59 Å². The van der Waals surface area contributed by atoms with Crippen LogP contribution in [0.5, 0.6) is 5.75 Å². The molecule has 0 atom stereocenters. The summed E-state index contributed by atoms with van der Waals surface area (Å²) in [6.07, 6.45) is 0.510. The first kappa shape index (κ1) is 18.2. The zero-order chi connectivity index (χ0) is 18.5. The molecule has 4 nitrogen and oxygen atoms in total. The van der Waals surface area contributed by atoms with Gasteiger partial charge in [0, 0.05) is 16.8 Å². The lowest BCUT2D eigenvalue weighted by Crippen LogP contribution is -2.12. The van der Waals surface area contributed by atoms with Crippen molar-refractivity contribution in [2.75, 3.05) is 7.11 Å². The Kier molecular flexibility index (Phi) is 5.71. The molecule has 3 aromatic rings. The minimum absolute atomic E-state index is 0.241. The average Bonchev–Trinajstić information content (AvgIpc) is 3.06. The summed E-state index contributed by atoms with van der Waals surface area (Å²) in [4.78, 5) is 25.2. The summed E-state index contributed by atoms with van der Waals surface area (Å²) in [7, 11) is 1.29. The molecule has 2 aromatic carbocycles. The van der Waals surface area contributed by atoms with E-state index in [0.717, 1.165) is 10.4 Å². The van der Waals surface area contributed by atoms with Crippen LogP contribution in [0, 0.1) is 0 Å². The monoisotopic (exact) mass is 386 g/mol. The average molecular weight is 387 g/mol. The van der Waals surface area contributed by atoms with Crippen LogP contribution in [0.25, 0.3) is 0 Å². The number of thiophene rings is 1. The summed E-state index contributed by atoms with van der Waals surface area (Å²) < 4.78 is 10.4. The fourth-order valence-electron chi connectivity index (χ4n) is 2.39. The van der Waals surface area contributed by atoms with E-state index in [1.807, 2.05) is 18.2 Å². The van der Waals surface area contributed by atoms with Gasteiger partial charge >= 0.3 is 11.9 Å². The highest BCUT2D eigenvalue weighted by Gasteiger charge is 2.23. The lowest BCUT2D eigenvalue weighted by molar-refractivity contribution is 0.0593. The topological polar surface area (TPSA) is 52.6 Å². The van der Waals surface area contributed by atoms with Crippen molar-refractivity contribution in [2.45, 2.75) is 6.42 Å². The van der Waals surface area contributed by atoms with Crippen molar-refractivity contribution in [3.63, 3.8) is 0 Å². The second-order valence-corrected chi connectivity index (χ2v) is 6.85. The van der Waals surface area contributed by atoms with E-state index in [9.17, 15) is 9.59 Å². The first-order chi connectivity index (χ1) is 12.6. The zero-order valence-corrected chi connectivity index (χ0v) is 15.5. The van der Waals surface area contributed by atoms with E-state index in [-0.39, 0.29) is 11.3 Å². The summed E-state index contributed by atoms with van der Waals surface area (Å²) >= 11 is 7.26. The molecule has 0 saturated heterocycles. The molecular weight excluding hydrogens is 372 g/mol. The first-order valence-corrected chi connectivity index (χ1v) is 9.04. The standard InChI is InChI=1S/C20H15ClO4S/c1-24-20(23)16-12-26-17(11-13-7-9-15(21)10-8-13)18(16)25-19(22)14-5-3-2-4-6-14/h2-10,12H,11H2,1H3. The number of hydrogen-bond acceptors (Lipinski definition) is 5. The van der Waals surface area contributed by atoms with E-state index in [2.05, 4.69) is 0 Å². The molecule has 26 heavy (non-hydrogen) atoms. The third-order valence-electron chi connectivity index (χ3n) is 3.70. The number of halogens is 1. The number of carbonyl (C=O) groups is 2. The van der Waals surface area contributed by atoms with Crippen molar-refractivity contribution in [3.05, 3.63) is 86.6 Å². The number of esters is 2. The van der Waals surface area contributed by atoms with E-state index < -0.39 is 11.9 Å². The van der Waals surface area contributed by atoms with Crippen LogP contribution in [0.2, 0.25) is 5.02 Å². The number of methoxy groups -OCH3 is 1. The molecule has 0 bridgehead atoms. The zero-order valence-electron chi connectivity index (χ0n) is 13.9. The van der Waals surface area contributed by atoms with Crippen LogP contribution in [0.4, 0.5) is 0 Å². The molecule has 1 heterocycles. The number of carbonyl (C=O) groups excluding carboxylic acids is 2. The Hall–Kier alpha value is -2.63. The van der Waals surface area contributed by atoms with E-state index >= 15 is 0 Å². The molecule has 0 aliphatic rings. The first-order valence-electron chi connectivity index (χ1n) is 7.79. The molecule has 0 N–H and O–H groups in total. The molecule has 0 aliphatic heterocycles. The van der Waals surface area contributed by atoms with E-state index in [1.165, 1.54) is 18.4 Å². The lowest BCUT2D eigenvalue weighted by Gasteiger charge is -2.08. The maximum atomic E-state index is 12.4. The van der Waals surface area contributed by atoms with Gasteiger partial charge in [0.1, 0.15) is 5.56 Å². The minimum atomic E-state index is -0.542. The van der Waals surface area contributed by atoms with Crippen molar-refractivity contribution in [2.24, 2.45) is 0 Å². The molecular formula is C20H15ClO4S. The highest BCUT2D eigenvalue weighted by atomic mass is 35.5. The summed E-state index contributed by atoms with van der Waals surface area (Å²) in [5, 5.41) is 2.29. The molecule has 6 heteroatoms. The van der Waals surface area contributed by atoms with Gasteiger partial charge in [0.25, 0.3) is 0 Å². The molecule has 0 amide bonds. The van der Waals surface area contributed by atoms with E-state index in [0.29, 0.717) is 17.0 Å². The van der Waals surface area contributed by atoms with Gasteiger partial charge in [-0.3, -0.25) is 0 Å². The van der Waals surface area contributed by atoms with Gasteiger partial charge in [0.15, 0.2) is 5.75 Å². The Morgan fingerprint density at radius 3 is 2.35 bits per heavy atom. The lowest BCUT2D eigenvalue weighted by atomic mass is 10.1. The second kappa shape index (κ2) is 8.17. The van der Waals surface area contributed by atoms with Crippen LogP contribution in [0.1, 0.15) is 31.2 Å².